The summed E-state index contributed by atoms with van der Waals surface area (Å²) in [4.78, 5) is 20.7. The maximum Gasteiger partial charge on any atom is 0.238 e. The van der Waals surface area contributed by atoms with Gasteiger partial charge in [0, 0.05) is 49.4 Å². The highest BCUT2D eigenvalue weighted by atomic mass is 15.2. The lowest BCUT2D eigenvalue weighted by Gasteiger charge is -2.16. The summed E-state index contributed by atoms with van der Waals surface area (Å²) < 4.78 is 4.63. The van der Waals surface area contributed by atoms with Crippen LogP contribution in [0.25, 0.3) is 112 Å². The van der Waals surface area contributed by atoms with Crippen molar-refractivity contribution in [2.75, 3.05) is 0 Å². The zero-order chi connectivity index (χ0) is 41.0. The molecule has 0 aliphatic rings. The highest BCUT2D eigenvalue weighted by Crippen LogP contribution is 2.42. The smallest absolute Gasteiger partial charge is 0.238 e. The molecule has 0 unspecified atom stereocenters. The number of benzene rings is 8. The molecule has 6 nitrogen and oxygen atoms in total. The minimum Gasteiger partial charge on any atom is -0.309 e. The van der Waals surface area contributed by atoms with Gasteiger partial charge >= 0.3 is 0 Å². The van der Waals surface area contributed by atoms with Gasteiger partial charge in [0.2, 0.25) is 5.95 Å². The maximum atomic E-state index is 5.22. The summed E-state index contributed by atoms with van der Waals surface area (Å²) in [5.41, 5.74) is 13.3. The van der Waals surface area contributed by atoms with Gasteiger partial charge in [-0.05, 0) is 48.0 Å². The maximum absolute atomic E-state index is 5.22. The van der Waals surface area contributed by atoms with Gasteiger partial charge in [-0.2, -0.15) is 9.97 Å². The Hall–Kier alpha value is -8.48. The van der Waals surface area contributed by atoms with Gasteiger partial charge in [0.25, 0.3) is 0 Å². The first-order valence-electron chi connectivity index (χ1n) is 20.8. The predicted molar refractivity (Wildman–Crippen MR) is 253 cm³/mol. The molecule has 0 amide bonds. The standard InChI is InChI=1S/C56H36N6/c1-5-19-37(20-6-1)47-33-41(34-48(57-47)38-21-7-2-8-22-38)42-27-13-16-30-49(42)61-50-31-17-14-28-43(50)45-35-46-44-29-15-18-32-51(44)62(53(46)36-52(45)61)56-59-54(39-23-9-3-10-24-39)58-55(60-56)40-25-11-4-12-26-40/h1-36H. The molecule has 0 N–H and O–H groups in total. The van der Waals surface area contributed by atoms with Crippen molar-refractivity contribution >= 4 is 43.6 Å². The van der Waals surface area contributed by atoms with Crippen LogP contribution in [0.5, 0.6) is 0 Å². The molecule has 6 heteroatoms. The molecule has 0 saturated heterocycles. The fourth-order valence-electron chi connectivity index (χ4n) is 8.92. The van der Waals surface area contributed by atoms with Crippen LogP contribution in [-0.2, 0) is 0 Å². The Bertz CT molecular complexity index is 3500. The minimum atomic E-state index is 0.560. The molecule has 62 heavy (non-hydrogen) atoms. The van der Waals surface area contributed by atoms with Gasteiger partial charge in [0.1, 0.15) is 0 Å². The first-order valence-corrected chi connectivity index (χ1v) is 20.8. The molecule has 12 aromatic rings. The van der Waals surface area contributed by atoms with Crippen molar-refractivity contribution in [2.24, 2.45) is 0 Å². The molecule has 0 saturated carbocycles. The topological polar surface area (TPSA) is 61.4 Å². The van der Waals surface area contributed by atoms with E-state index in [1.54, 1.807) is 0 Å². The third kappa shape index (κ3) is 5.96. The predicted octanol–water partition coefficient (Wildman–Crippen LogP) is 13.8. The largest absolute Gasteiger partial charge is 0.309 e. The summed E-state index contributed by atoms with van der Waals surface area (Å²) in [5, 5.41) is 4.60. The van der Waals surface area contributed by atoms with E-state index in [4.69, 9.17) is 19.9 Å². The van der Waals surface area contributed by atoms with E-state index in [-0.39, 0.29) is 0 Å². The highest BCUT2D eigenvalue weighted by Gasteiger charge is 2.22. The van der Waals surface area contributed by atoms with E-state index in [9.17, 15) is 0 Å². The number of fused-ring (bicyclic) bond motifs is 6. The van der Waals surface area contributed by atoms with Crippen LogP contribution in [0.1, 0.15) is 0 Å². The summed E-state index contributed by atoms with van der Waals surface area (Å²) in [6.45, 7) is 0. The van der Waals surface area contributed by atoms with E-state index in [1.165, 1.54) is 10.8 Å². The summed E-state index contributed by atoms with van der Waals surface area (Å²) in [6.07, 6.45) is 0. The number of pyridine rings is 1. The van der Waals surface area contributed by atoms with Crippen LogP contribution in [0.3, 0.4) is 0 Å². The summed E-state index contributed by atoms with van der Waals surface area (Å²) in [5.74, 6) is 1.79. The first kappa shape index (κ1) is 35.5. The van der Waals surface area contributed by atoms with Crippen LogP contribution in [-0.4, -0.2) is 29.1 Å². The number of para-hydroxylation sites is 3. The lowest BCUT2D eigenvalue weighted by atomic mass is 9.98. The fraction of sp³-hybridized carbons (Fsp3) is 0. The van der Waals surface area contributed by atoms with Gasteiger partial charge in [-0.3, -0.25) is 4.57 Å². The highest BCUT2D eigenvalue weighted by molar-refractivity contribution is 6.19. The molecular formula is C56H36N6. The SMILES string of the molecule is c1ccc(-c2cc(-c3ccccc3-n3c4ccccc4c4cc5c6ccccc6n(-c6nc(-c7ccccc7)nc(-c7ccccc7)n6)c5cc43)cc(-c3ccccc3)n2)cc1. The van der Waals surface area contributed by atoms with E-state index in [0.29, 0.717) is 17.6 Å². The minimum absolute atomic E-state index is 0.560. The average molecular weight is 793 g/mol. The van der Waals surface area contributed by atoms with Gasteiger partial charge < -0.3 is 4.57 Å². The lowest BCUT2D eigenvalue weighted by molar-refractivity contribution is 0.953. The number of hydrogen-bond acceptors (Lipinski definition) is 4. The van der Waals surface area contributed by atoms with Crippen LogP contribution < -0.4 is 0 Å². The molecule has 0 spiro atoms. The second kappa shape index (κ2) is 14.7. The molecule has 8 aromatic carbocycles. The van der Waals surface area contributed by atoms with Crippen molar-refractivity contribution in [1.82, 2.24) is 29.1 Å². The van der Waals surface area contributed by atoms with Gasteiger partial charge in [-0.15, -0.1) is 0 Å². The van der Waals surface area contributed by atoms with E-state index >= 15 is 0 Å². The first-order chi connectivity index (χ1) is 30.7. The van der Waals surface area contributed by atoms with Gasteiger partial charge in [0.05, 0.1) is 39.1 Å². The molecule has 12 rings (SSSR count). The molecule has 0 bridgehead atoms. The van der Waals surface area contributed by atoms with Crippen molar-refractivity contribution in [1.29, 1.82) is 0 Å². The van der Waals surface area contributed by atoms with Crippen molar-refractivity contribution in [3.63, 3.8) is 0 Å². The van der Waals surface area contributed by atoms with Crippen LogP contribution in [0.4, 0.5) is 0 Å². The zero-order valence-corrected chi connectivity index (χ0v) is 33.5. The van der Waals surface area contributed by atoms with Crippen molar-refractivity contribution in [3.8, 4) is 68.1 Å². The monoisotopic (exact) mass is 792 g/mol. The van der Waals surface area contributed by atoms with Crippen molar-refractivity contribution < 1.29 is 0 Å². The van der Waals surface area contributed by atoms with E-state index < -0.39 is 0 Å². The van der Waals surface area contributed by atoms with Crippen LogP contribution >= 0.6 is 0 Å². The summed E-state index contributed by atoms with van der Waals surface area (Å²) in [7, 11) is 0. The van der Waals surface area contributed by atoms with Gasteiger partial charge in [0.15, 0.2) is 11.6 Å². The van der Waals surface area contributed by atoms with Gasteiger partial charge in [-0.25, -0.2) is 9.97 Å². The second-order valence-electron chi connectivity index (χ2n) is 15.5. The summed E-state index contributed by atoms with van der Waals surface area (Å²) >= 11 is 0. The van der Waals surface area contributed by atoms with E-state index in [1.807, 2.05) is 72.8 Å². The Morgan fingerprint density at radius 3 is 1.26 bits per heavy atom. The molecule has 0 fully saturated rings. The van der Waals surface area contributed by atoms with Crippen LogP contribution in [0, 0.1) is 0 Å². The van der Waals surface area contributed by atoms with Crippen molar-refractivity contribution in [3.05, 3.63) is 218 Å². The molecule has 0 aliphatic carbocycles. The third-order valence-corrected chi connectivity index (χ3v) is 11.8. The average Bonchev–Trinajstić information content (AvgIpc) is 3.86. The van der Waals surface area contributed by atoms with E-state index in [2.05, 4.69) is 155 Å². The summed E-state index contributed by atoms with van der Waals surface area (Å²) in [6, 6.07) is 76.3. The Kier molecular flexibility index (Phi) is 8.38. The molecule has 290 valence electrons. The third-order valence-electron chi connectivity index (χ3n) is 11.8. The van der Waals surface area contributed by atoms with Gasteiger partial charge in [-0.1, -0.05) is 176 Å². The van der Waals surface area contributed by atoms with Crippen LogP contribution in [0.15, 0.2) is 218 Å². The Labute approximate surface area is 357 Å². The number of aromatic nitrogens is 6. The number of hydrogen-bond donors (Lipinski definition) is 0. The normalized spacial score (nSPS) is 11.5. The Balaban J connectivity index is 1.14. The quantitative estimate of drug-likeness (QED) is 0.161. The molecule has 4 heterocycles. The molecule has 0 radical (unpaired) electrons. The lowest BCUT2D eigenvalue weighted by Crippen LogP contribution is -2.06. The fourth-order valence-corrected chi connectivity index (χ4v) is 8.92. The molecule has 0 aliphatic heterocycles. The Morgan fingerprint density at radius 2 is 0.710 bits per heavy atom. The number of rotatable bonds is 7. The van der Waals surface area contributed by atoms with Crippen LogP contribution in [0.2, 0.25) is 0 Å². The second-order valence-corrected chi connectivity index (χ2v) is 15.5. The van der Waals surface area contributed by atoms with Crippen molar-refractivity contribution in [2.45, 2.75) is 0 Å². The molecular weight excluding hydrogens is 757 g/mol. The molecule has 0 atom stereocenters. The number of nitrogens with zero attached hydrogens (tertiary/aromatic N) is 6. The van der Waals surface area contributed by atoms with E-state index in [0.717, 1.165) is 83.3 Å². The molecule has 4 aromatic heterocycles. The zero-order valence-electron chi connectivity index (χ0n) is 33.5. The Morgan fingerprint density at radius 1 is 0.274 bits per heavy atom.